The summed E-state index contributed by atoms with van der Waals surface area (Å²) < 4.78 is 5.42. The van der Waals surface area contributed by atoms with Gasteiger partial charge in [-0.25, -0.2) is 0 Å². The molecule has 1 saturated heterocycles. The van der Waals surface area contributed by atoms with E-state index in [0.717, 1.165) is 37.6 Å². The van der Waals surface area contributed by atoms with Gasteiger partial charge in [-0.3, -0.25) is 9.69 Å². The minimum absolute atomic E-state index is 0.0264. The van der Waals surface area contributed by atoms with Crippen molar-refractivity contribution >= 4 is 17.3 Å². The minimum Gasteiger partial charge on any atom is -0.494 e. The number of hydrogen-bond donors (Lipinski definition) is 1. The van der Waals surface area contributed by atoms with Gasteiger partial charge < -0.3 is 15.0 Å². The van der Waals surface area contributed by atoms with Gasteiger partial charge in [0.15, 0.2) is 0 Å². The van der Waals surface area contributed by atoms with Crippen molar-refractivity contribution in [3.63, 3.8) is 0 Å². The summed E-state index contributed by atoms with van der Waals surface area (Å²) in [6.07, 6.45) is 0. The van der Waals surface area contributed by atoms with Gasteiger partial charge in [0, 0.05) is 37.6 Å². The van der Waals surface area contributed by atoms with Gasteiger partial charge in [-0.05, 0) is 49.7 Å². The first kappa shape index (κ1) is 18.3. The molecule has 1 fully saturated rings. The van der Waals surface area contributed by atoms with E-state index in [1.807, 2.05) is 31.2 Å². The molecule has 1 N–H and O–H groups in total. The van der Waals surface area contributed by atoms with E-state index in [-0.39, 0.29) is 5.91 Å². The predicted octanol–water partition coefficient (Wildman–Crippen LogP) is 3.15. The lowest BCUT2D eigenvalue weighted by Crippen LogP contribution is -2.48. The van der Waals surface area contributed by atoms with Crippen molar-refractivity contribution in [1.82, 2.24) is 4.90 Å². The second-order valence-corrected chi connectivity index (χ2v) is 6.56. The first-order valence-corrected chi connectivity index (χ1v) is 9.21. The lowest BCUT2D eigenvalue weighted by molar-refractivity contribution is -0.117. The molecule has 138 valence electrons. The Morgan fingerprint density at radius 3 is 2.38 bits per heavy atom. The first-order valence-electron chi connectivity index (χ1n) is 9.21. The van der Waals surface area contributed by atoms with E-state index in [4.69, 9.17) is 4.74 Å². The number of nitrogens with zero attached hydrogens (tertiary/aromatic N) is 2. The molecule has 0 bridgehead atoms. The van der Waals surface area contributed by atoms with Gasteiger partial charge in [-0.2, -0.15) is 0 Å². The summed E-state index contributed by atoms with van der Waals surface area (Å²) in [7, 11) is 0. The Kier molecular flexibility index (Phi) is 6.12. The van der Waals surface area contributed by atoms with Crippen LogP contribution in [0.1, 0.15) is 12.5 Å². The molecular weight excluding hydrogens is 326 g/mol. The Morgan fingerprint density at radius 2 is 1.73 bits per heavy atom. The number of piperazine rings is 1. The molecule has 1 amide bonds. The molecule has 0 aromatic heterocycles. The van der Waals surface area contributed by atoms with Crippen molar-refractivity contribution in [2.45, 2.75) is 13.8 Å². The van der Waals surface area contributed by atoms with Crippen LogP contribution in [0.15, 0.2) is 48.5 Å². The highest BCUT2D eigenvalue weighted by Crippen LogP contribution is 2.21. The molecule has 0 aliphatic carbocycles. The zero-order valence-corrected chi connectivity index (χ0v) is 15.6. The Bertz CT molecular complexity index is 722. The van der Waals surface area contributed by atoms with E-state index in [2.05, 4.69) is 46.3 Å². The van der Waals surface area contributed by atoms with Crippen LogP contribution in [0.2, 0.25) is 0 Å². The Balaban J connectivity index is 1.46. The molecular formula is C21H27N3O2. The van der Waals surface area contributed by atoms with Crippen LogP contribution in [0.5, 0.6) is 5.75 Å². The number of aryl methyl sites for hydroxylation is 1. The van der Waals surface area contributed by atoms with Crippen molar-refractivity contribution in [2.75, 3.05) is 49.5 Å². The summed E-state index contributed by atoms with van der Waals surface area (Å²) in [5.41, 5.74) is 3.40. The molecule has 2 aromatic carbocycles. The number of benzene rings is 2. The minimum atomic E-state index is 0.0264. The number of carbonyl (C=O) groups is 1. The van der Waals surface area contributed by atoms with Crippen LogP contribution in [-0.2, 0) is 4.79 Å². The second kappa shape index (κ2) is 8.72. The maximum Gasteiger partial charge on any atom is 0.238 e. The Labute approximate surface area is 155 Å². The molecule has 0 unspecified atom stereocenters. The van der Waals surface area contributed by atoms with Gasteiger partial charge in [0.05, 0.1) is 13.2 Å². The van der Waals surface area contributed by atoms with Crippen LogP contribution < -0.4 is 15.0 Å². The third kappa shape index (κ3) is 4.76. The lowest BCUT2D eigenvalue weighted by atomic mass is 10.1. The van der Waals surface area contributed by atoms with Crippen LogP contribution >= 0.6 is 0 Å². The summed E-state index contributed by atoms with van der Waals surface area (Å²) in [6, 6.07) is 16.0. The smallest absolute Gasteiger partial charge is 0.238 e. The molecule has 0 saturated carbocycles. The molecule has 5 nitrogen and oxygen atoms in total. The normalized spacial score (nSPS) is 14.9. The summed E-state index contributed by atoms with van der Waals surface area (Å²) in [5, 5.41) is 2.96. The molecule has 0 spiro atoms. The van der Waals surface area contributed by atoms with Gasteiger partial charge >= 0.3 is 0 Å². The van der Waals surface area contributed by atoms with Gasteiger partial charge in [-0.15, -0.1) is 0 Å². The Morgan fingerprint density at radius 1 is 1.04 bits per heavy atom. The van der Waals surface area contributed by atoms with Crippen LogP contribution in [0, 0.1) is 6.92 Å². The van der Waals surface area contributed by atoms with E-state index in [0.29, 0.717) is 13.2 Å². The standard InChI is InChI=1S/C21H27N3O2/c1-3-26-19-10-8-18(9-11-19)22-21(25)16-23-12-14-24(15-13-23)20-7-5-4-6-17(20)2/h4-11H,3,12-16H2,1-2H3,(H,22,25). The summed E-state index contributed by atoms with van der Waals surface area (Å²) in [4.78, 5) is 16.9. The maximum absolute atomic E-state index is 12.3. The fraction of sp³-hybridized carbons (Fsp3) is 0.381. The fourth-order valence-corrected chi connectivity index (χ4v) is 3.27. The van der Waals surface area contributed by atoms with Crippen molar-refractivity contribution in [2.24, 2.45) is 0 Å². The van der Waals surface area contributed by atoms with Gasteiger partial charge in [0.2, 0.25) is 5.91 Å². The molecule has 3 rings (SSSR count). The number of anilines is 2. The van der Waals surface area contributed by atoms with Crippen LogP contribution in [0.25, 0.3) is 0 Å². The van der Waals surface area contributed by atoms with E-state index in [9.17, 15) is 4.79 Å². The van der Waals surface area contributed by atoms with Crippen molar-refractivity contribution in [3.8, 4) is 5.75 Å². The zero-order valence-electron chi connectivity index (χ0n) is 15.6. The molecule has 0 atom stereocenters. The van der Waals surface area contributed by atoms with Crippen molar-refractivity contribution in [3.05, 3.63) is 54.1 Å². The van der Waals surface area contributed by atoms with E-state index < -0.39 is 0 Å². The largest absolute Gasteiger partial charge is 0.494 e. The number of hydrogen-bond acceptors (Lipinski definition) is 4. The van der Waals surface area contributed by atoms with Crippen LogP contribution in [-0.4, -0.2) is 50.1 Å². The van der Waals surface area contributed by atoms with Crippen LogP contribution in [0.3, 0.4) is 0 Å². The average Bonchev–Trinajstić information content (AvgIpc) is 2.65. The molecule has 2 aromatic rings. The highest BCUT2D eigenvalue weighted by atomic mass is 16.5. The molecule has 5 heteroatoms. The summed E-state index contributed by atoms with van der Waals surface area (Å²) >= 11 is 0. The average molecular weight is 353 g/mol. The fourth-order valence-electron chi connectivity index (χ4n) is 3.27. The summed E-state index contributed by atoms with van der Waals surface area (Å²) in [5.74, 6) is 0.844. The number of nitrogens with one attached hydrogen (secondary N) is 1. The highest BCUT2D eigenvalue weighted by molar-refractivity contribution is 5.92. The lowest BCUT2D eigenvalue weighted by Gasteiger charge is -2.36. The van der Waals surface area contributed by atoms with Gasteiger partial charge in [-0.1, -0.05) is 18.2 Å². The first-order chi connectivity index (χ1) is 12.7. The van der Waals surface area contributed by atoms with E-state index >= 15 is 0 Å². The van der Waals surface area contributed by atoms with E-state index in [1.165, 1.54) is 11.3 Å². The third-order valence-electron chi connectivity index (χ3n) is 4.64. The molecule has 1 heterocycles. The molecule has 1 aliphatic rings. The number of para-hydroxylation sites is 1. The molecule has 26 heavy (non-hydrogen) atoms. The zero-order chi connectivity index (χ0) is 18.4. The van der Waals surface area contributed by atoms with Crippen molar-refractivity contribution in [1.29, 1.82) is 0 Å². The predicted molar refractivity (Wildman–Crippen MR) is 106 cm³/mol. The highest BCUT2D eigenvalue weighted by Gasteiger charge is 2.20. The van der Waals surface area contributed by atoms with Crippen molar-refractivity contribution < 1.29 is 9.53 Å². The monoisotopic (exact) mass is 353 g/mol. The molecule has 0 radical (unpaired) electrons. The second-order valence-electron chi connectivity index (χ2n) is 6.56. The number of amides is 1. The maximum atomic E-state index is 12.3. The Hall–Kier alpha value is -2.53. The third-order valence-corrected chi connectivity index (χ3v) is 4.64. The number of rotatable bonds is 6. The molecule has 1 aliphatic heterocycles. The van der Waals surface area contributed by atoms with Crippen LogP contribution in [0.4, 0.5) is 11.4 Å². The van der Waals surface area contributed by atoms with Gasteiger partial charge in [0.1, 0.15) is 5.75 Å². The number of ether oxygens (including phenoxy) is 1. The number of carbonyl (C=O) groups excluding carboxylic acids is 1. The SMILES string of the molecule is CCOc1ccc(NC(=O)CN2CCN(c3ccccc3C)CC2)cc1. The quantitative estimate of drug-likeness (QED) is 0.866. The summed E-state index contributed by atoms with van der Waals surface area (Å²) in [6.45, 7) is 8.84. The topological polar surface area (TPSA) is 44.8 Å². The van der Waals surface area contributed by atoms with Gasteiger partial charge in [0.25, 0.3) is 0 Å². The van der Waals surface area contributed by atoms with E-state index in [1.54, 1.807) is 0 Å².